The van der Waals surface area contributed by atoms with E-state index in [1.54, 1.807) is 19.1 Å². The molecule has 0 aromatic heterocycles. The second-order valence-corrected chi connectivity index (χ2v) is 4.92. The monoisotopic (exact) mass is 318 g/mol. The first-order valence-corrected chi connectivity index (χ1v) is 6.76. The predicted octanol–water partition coefficient (Wildman–Crippen LogP) is 2.14. The van der Waals surface area contributed by atoms with Crippen LogP contribution in [0.1, 0.15) is 39.2 Å². The standard InChI is InChI=1S/C16H15FN2O4/c1-9(10-2-4-11(5-3-10)16(22)19-23)18-15(21)12-6-7-13(17)14(20)8-12/h2-9,20,23H,1H3,(H,18,21)(H,19,22). The molecule has 0 heterocycles. The Morgan fingerprint density at radius 3 is 2.22 bits per heavy atom. The Balaban J connectivity index is 2.08. The number of hydrogen-bond acceptors (Lipinski definition) is 4. The van der Waals surface area contributed by atoms with Gasteiger partial charge in [0.05, 0.1) is 6.04 Å². The van der Waals surface area contributed by atoms with Crippen LogP contribution < -0.4 is 10.8 Å². The van der Waals surface area contributed by atoms with Crippen LogP contribution in [0.5, 0.6) is 5.75 Å². The van der Waals surface area contributed by atoms with E-state index < -0.39 is 23.4 Å². The highest BCUT2D eigenvalue weighted by molar-refractivity contribution is 5.95. The predicted molar refractivity (Wildman–Crippen MR) is 79.6 cm³/mol. The van der Waals surface area contributed by atoms with Gasteiger partial charge in [-0.3, -0.25) is 14.8 Å². The van der Waals surface area contributed by atoms with E-state index in [0.29, 0.717) is 0 Å². The molecule has 0 bridgehead atoms. The van der Waals surface area contributed by atoms with Gasteiger partial charge in [-0.25, -0.2) is 9.87 Å². The maximum absolute atomic E-state index is 13.0. The minimum atomic E-state index is -0.799. The van der Waals surface area contributed by atoms with E-state index >= 15 is 0 Å². The zero-order valence-electron chi connectivity index (χ0n) is 12.2. The zero-order valence-corrected chi connectivity index (χ0v) is 12.2. The summed E-state index contributed by atoms with van der Waals surface area (Å²) < 4.78 is 13.0. The third-order valence-electron chi connectivity index (χ3n) is 3.33. The van der Waals surface area contributed by atoms with E-state index in [1.165, 1.54) is 23.7 Å². The molecule has 0 radical (unpaired) electrons. The summed E-state index contributed by atoms with van der Waals surface area (Å²) in [4.78, 5) is 23.3. The number of phenols is 1. The van der Waals surface area contributed by atoms with E-state index in [9.17, 15) is 19.1 Å². The Morgan fingerprint density at radius 1 is 1.04 bits per heavy atom. The molecular weight excluding hydrogens is 303 g/mol. The van der Waals surface area contributed by atoms with Crippen molar-refractivity contribution >= 4 is 11.8 Å². The van der Waals surface area contributed by atoms with Crippen molar-refractivity contribution < 1.29 is 24.3 Å². The smallest absolute Gasteiger partial charge is 0.274 e. The number of carbonyl (C=O) groups is 2. The van der Waals surface area contributed by atoms with Crippen LogP contribution in [-0.4, -0.2) is 22.1 Å². The number of aromatic hydroxyl groups is 1. The lowest BCUT2D eigenvalue weighted by Crippen LogP contribution is -2.26. The molecule has 0 fully saturated rings. The van der Waals surface area contributed by atoms with Gasteiger partial charge in [0.25, 0.3) is 11.8 Å². The first-order chi connectivity index (χ1) is 10.9. The van der Waals surface area contributed by atoms with Crippen molar-refractivity contribution in [3.05, 3.63) is 65.0 Å². The molecule has 0 saturated carbocycles. The molecule has 6 nitrogen and oxygen atoms in total. The molecule has 2 aromatic carbocycles. The second-order valence-electron chi connectivity index (χ2n) is 4.92. The third kappa shape index (κ3) is 3.83. The summed E-state index contributed by atoms with van der Waals surface area (Å²) in [5.41, 5.74) is 2.67. The third-order valence-corrected chi connectivity index (χ3v) is 3.33. The molecule has 2 amide bonds. The van der Waals surface area contributed by atoms with Crippen molar-refractivity contribution in [3.8, 4) is 5.75 Å². The van der Waals surface area contributed by atoms with Gasteiger partial charge in [0.1, 0.15) is 0 Å². The molecule has 1 atom stereocenters. The highest BCUT2D eigenvalue weighted by atomic mass is 19.1. The van der Waals surface area contributed by atoms with Crippen LogP contribution in [0.15, 0.2) is 42.5 Å². The summed E-state index contributed by atoms with van der Waals surface area (Å²) in [6.07, 6.45) is 0. The molecular formula is C16H15FN2O4. The van der Waals surface area contributed by atoms with Crippen LogP contribution in [0.2, 0.25) is 0 Å². The number of phenolic OH excluding ortho intramolecular Hbond substituents is 1. The number of halogens is 1. The van der Waals surface area contributed by atoms with E-state index in [0.717, 1.165) is 17.7 Å². The topological polar surface area (TPSA) is 98.7 Å². The highest BCUT2D eigenvalue weighted by Crippen LogP contribution is 2.18. The minimum absolute atomic E-state index is 0.132. The van der Waals surface area contributed by atoms with Gasteiger partial charge in [-0.05, 0) is 42.8 Å². The molecule has 120 valence electrons. The van der Waals surface area contributed by atoms with Crippen LogP contribution in [0.25, 0.3) is 0 Å². The number of hydroxylamine groups is 1. The fourth-order valence-electron chi connectivity index (χ4n) is 2.00. The summed E-state index contributed by atoms with van der Waals surface area (Å²) in [5, 5.41) is 20.5. The van der Waals surface area contributed by atoms with Crippen molar-refractivity contribution in [3.63, 3.8) is 0 Å². The van der Waals surface area contributed by atoms with Gasteiger partial charge in [0.2, 0.25) is 0 Å². The number of carbonyl (C=O) groups excluding carboxylic acids is 2. The summed E-state index contributed by atoms with van der Waals surface area (Å²) in [6.45, 7) is 1.74. The van der Waals surface area contributed by atoms with Crippen molar-refractivity contribution in [1.82, 2.24) is 10.8 Å². The molecule has 0 spiro atoms. The lowest BCUT2D eigenvalue weighted by molar-refractivity contribution is 0.0706. The molecule has 0 aliphatic rings. The van der Waals surface area contributed by atoms with Gasteiger partial charge < -0.3 is 10.4 Å². The van der Waals surface area contributed by atoms with Crippen molar-refractivity contribution in [2.75, 3.05) is 0 Å². The van der Waals surface area contributed by atoms with Crippen molar-refractivity contribution in [1.29, 1.82) is 0 Å². The quantitative estimate of drug-likeness (QED) is 0.513. The van der Waals surface area contributed by atoms with Gasteiger partial charge in [0.15, 0.2) is 11.6 Å². The van der Waals surface area contributed by atoms with Crippen LogP contribution >= 0.6 is 0 Å². The van der Waals surface area contributed by atoms with Gasteiger partial charge in [-0.2, -0.15) is 0 Å². The maximum Gasteiger partial charge on any atom is 0.274 e. The Hall–Kier alpha value is -2.93. The molecule has 23 heavy (non-hydrogen) atoms. The molecule has 1 unspecified atom stereocenters. The Morgan fingerprint density at radius 2 is 1.65 bits per heavy atom. The van der Waals surface area contributed by atoms with Crippen LogP contribution in [0, 0.1) is 5.82 Å². The Bertz CT molecular complexity index is 731. The molecule has 2 aromatic rings. The number of benzene rings is 2. The van der Waals surface area contributed by atoms with E-state index in [4.69, 9.17) is 5.21 Å². The lowest BCUT2D eigenvalue weighted by Gasteiger charge is -2.15. The normalized spacial score (nSPS) is 11.6. The first kappa shape index (κ1) is 16.4. The fraction of sp³-hybridized carbons (Fsp3) is 0.125. The SMILES string of the molecule is CC(NC(=O)c1ccc(F)c(O)c1)c1ccc(C(=O)NO)cc1. The maximum atomic E-state index is 13.0. The summed E-state index contributed by atoms with van der Waals surface area (Å²) in [5.74, 6) is -2.49. The average molecular weight is 318 g/mol. The zero-order chi connectivity index (χ0) is 17.0. The fourth-order valence-corrected chi connectivity index (χ4v) is 2.00. The largest absolute Gasteiger partial charge is 0.505 e. The summed E-state index contributed by atoms with van der Waals surface area (Å²) in [6, 6.07) is 9.24. The number of hydrogen-bond donors (Lipinski definition) is 4. The molecule has 7 heteroatoms. The van der Waals surface area contributed by atoms with Gasteiger partial charge in [-0.1, -0.05) is 12.1 Å². The van der Waals surface area contributed by atoms with Crippen LogP contribution in [0.3, 0.4) is 0 Å². The van der Waals surface area contributed by atoms with Gasteiger partial charge in [0, 0.05) is 11.1 Å². The molecule has 4 N–H and O–H groups in total. The lowest BCUT2D eigenvalue weighted by atomic mass is 10.1. The molecule has 0 aliphatic heterocycles. The summed E-state index contributed by atoms with van der Waals surface area (Å²) in [7, 11) is 0. The molecule has 2 rings (SSSR count). The number of rotatable bonds is 4. The first-order valence-electron chi connectivity index (χ1n) is 6.76. The Kier molecular flexibility index (Phi) is 4.92. The van der Waals surface area contributed by atoms with E-state index in [2.05, 4.69) is 5.32 Å². The van der Waals surface area contributed by atoms with Gasteiger partial charge >= 0.3 is 0 Å². The van der Waals surface area contributed by atoms with E-state index in [-0.39, 0.29) is 17.2 Å². The van der Waals surface area contributed by atoms with Gasteiger partial charge in [-0.15, -0.1) is 0 Å². The van der Waals surface area contributed by atoms with Crippen molar-refractivity contribution in [2.24, 2.45) is 0 Å². The highest BCUT2D eigenvalue weighted by Gasteiger charge is 2.14. The van der Waals surface area contributed by atoms with Crippen LogP contribution in [0.4, 0.5) is 4.39 Å². The second kappa shape index (κ2) is 6.89. The van der Waals surface area contributed by atoms with E-state index in [1.807, 2.05) is 0 Å². The Labute approximate surface area is 131 Å². The molecule has 0 saturated heterocycles. The average Bonchev–Trinajstić information content (AvgIpc) is 2.56. The number of amides is 2. The van der Waals surface area contributed by atoms with Crippen LogP contribution in [-0.2, 0) is 0 Å². The molecule has 0 aliphatic carbocycles. The summed E-state index contributed by atoms with van der Waals surface area (Å²) >= 11 is 0. The number of nitrogens with one attached hydrogen (secondary N) is 2. The van der Waals surface area contributed by atoms with Crippen molar-refractivity contribution in [2.45, 2.75) is 13.0 Å². The minimum Gasteiger partial charge on any atom is -0.505 e.